The van der Waals surface area contributed by atoms with E-state index in [1.165, 1.54) is 11.4 Å². The first-order valence-electron chi connectivity index (χ1n) is 6.90. The fraction of sp³-hybridized carbons (Fsp3) is 0.438. The van der Waals surface area contributed by atoms with Crippen LogP contribution in [0.25, 0.3) is 5.69 Å². The van der Waals surface area contributed by atoms with E-state index >= 15 is 0 Å². The lowest BCUT2D eigenvalue weighted by Crippen LogP contribution is -2.12. The van der Waals surface area contributed by atoms with Gasteiger partial charge in [-0.2, -0.15) is 0 Å². The Morgan fingerprint density at radius 3 is 2.26 bits per heavy atom. The monoisotopic (exact) mass is 257 g/mol. The van der Waals surface area contributed by atoms with Gasteiger partial charge in [0.15, 0.2) is 0 Å². The highest BCUT2D eigenvalue weighted by atomic mass is 15.2. The number of rotatable bonds is 4. The van der Waals surface area contributed by atoms with Gasteiger partial charge in [-0.25, -0.2) is 4.98 Å². The van der Waals surface area contributed by atoms with Crippen molar-refractivity contribution in [2.24, 2.45) is 0 Å². The Kier molecular flexibility index (Phi) is 3.93. The van der Waals surface area contributed by atoms with Gasteiger partial charge in [-0.1, -0.05) is 39.0 Å². The van der Waals surface area contributed by atoms with E-state index < -0.39 is 0 Å². The highest BCUT2D eigenvalue weighted by Gasteiger charge is 2.20. The summed E-state index contributed by atoms with van der Waals surface area (Å²) in [6, 6.07) is 10.5. The molecule has 19 heavy (non-hydrogen) atoms. The van der Waals surface area contributed by atoms with E-state index in [4.69, 9.17) is 4.98 Å². The van der Waals surface area contributed by atoms with Crippen LogP contribution < -0.4 is 4.90 Å². The molecule has 102 valence electrons. The van der Waals surface area contributed by atoms with Gasteiger partial charge < -0.3 is 4.90 Å². The third-order valence-corrected chi connectivity index (χ3v) is 3.27. The van der Waals surface area contributed by atoms with Gasteiger partial charge in [-0.05, 0) is 18.6 Å². The van der Waals surface area contributed by atoms with Gasteiger partial charge in [0.25, 0.3) is 0 Å². The number of hydrogen-bond acceptors (Lipinski definition) is 2. The van der Waals surface area contributed by atoms with Gasteiger partial charge in [-0.15, -0.1) is 0 Å². The van der Waals surface area contributed by atoms with Gasteiger partial charge in [0.05, 0.1) is 5.69 Å². The van der Waals surface area contributed by atoms with Crippen LogP contribution in [0.3, 0.4) is 0 Å². The molecule has 0 fully saturated rings. The van der Waals surface area contributed by atoms with E-state index in [1.54, 1.807) is 0 Å². The van der Waals surface area contributed by atoms with E-state index in [2.05, 4.69) is 68.6 Å². The predicted molar refractivity (Wildman–Crippen MR) is 81.4 cm³/mol. The second-order valence-corrected chi connectivity index (χ2v) is 5.31. The number of benzene rings is 1. The Morgan fingerprint density at radius 2 is 1.79 bits per heavy atom. The van der Waals surface area contributed by atoms with Crippen molar-refractivity contribution in [2.45, 2.75) is 33.1 Å². The fourth-order valence-electron chi connectivity index (χ4n) is 2.39. The molecule has 0 saturated carbocycles. The molecule has 0 atom stereocenters. The Bertz CT molecular complexity index is 539. The summed E-state index contributed by atoms with van der Waals surface area (Å²) in [5.74, 6) is 2.61. The van der Waals surface area contributed by atoms with Crippen LogP contribution in [0.2, 0.25) is 0 Å². The summed E-state index contributed by atoms with van der Waals surface area (Å²) in [4.78, 5) is 6.95. The molecule has 0 spiro atoms. The van der Waals surface area contributed by atoms with Crippen LogP contribution >= 0.6 is 0 Å². The topological polar surface area (TPSA) is 21.1 Å². The summed E-state index contributed by atoms with van der Waals surface area (Å²) in [5.41, 5.74) is 2.48. The molecule has 0 unspecified atom stereocenters. The highest BCUT2D eigenvalue weighted by Crippen LogP contribution is 2.28. The van der Waals surface area contributed by atoms with Crippen molar-refractivity contribution in [2.75, 3.05) is 19.0 Å². The predicted octanol–water partition coefficient (Wildman–Crippen LogP) is 3.62. The van der Waals surface area contributed by atoms with Crippen molar-refractivity contribution in [1.82, 2.24) is 9.55 Å². The van der Waals surface area contributed by atoms with Crippen molar-refractivity contribution in [3.8, 4) is 5.69 Å². The third-order valence-electron chi connectivity index (χ3n) is 3.27. The lowest BCUT2D eigenvalue weighted by molar-refractivity contribution is 0.738. The lowest BCUT2D eigenvalue weighted by atomic mass is 10.2. The van der Waals surface area contributed by atoms with E-state index in [-0.39, 0.29) is 0 Å². The first kappa shape index (κ1) is 13.7. The van der Waals surface area contributed by atoms with E-state index in [0.717, 1.165) is 18.1 Å². The van der Waals surface area contributed by atoms with Crippen LogP contribution in [0.1, 0.15) is 38.2 Å². The molecule has 0 N–H and O–H groups in total. The van der Waals surface area contributed by atoms with Crippen molar-refractivity contribution < 1.29 is 0 Å². The molecule has 0 saturated heterocycles. The quantitative estimate of drug-likeness (QED) is 0.834. The van der Waals surface area contributed by atoms with Crippen molar-refractivity contribution >= 4 is 5.82 Å². The Hall–Kier alpha value is -1.77. The first-order chi connectivity index (χ1) is 9.06. The minimum atomic E-state index is 0.402. The van der Waals surface area contributed by atoms with E-state index in [9.17, 15) is 0 Å². The second kappa shape index (κ2) is 5.47. The highest BCUT2D eigenvalue weighted by molar-refractivity contribution is 5.50. The van der Waals surface area contributed by atoms with Crippen molar-refractivity contribution in [1.29, 1.82) is 0 Å². The molecular formula is C16H23N3. The maximum Gasteiger partial charge on any atom is 0.150 e. The van der Waals surface area contributed by atoms with Crippen LogP contribution in [0.15, 0.2) is 30.3 Å². The van der Waals surface area contributed by atoms with Crippen molar-refractivity contribution in [3.05, 3.63) is 41.9 Å². The summed E-state index contributed by atoms with van der Waals surface area (Å²) in [7, 11) is 4.11. The number of para-hydroxylation sites is 1. The third kappa shape index (κ3) is 2.50. The van der Waals surface area contributed by atoms with E-state index in [1.807, 2.05) is 6.07 Å². The van der Waals surface area contributed by atoms with Crippen LogP contribution in [0.5, 0.6) is 0 Å². The Morgan fingerprint density at radius 1 is 1.16 bits per heavy atom. The van der Waals surface area contributed by atoms with E-state index in [0.29, 0.717) is 5.92 Å². The summed E-state index contributed by atoms with van der Waals surface area (Å²) < 4.78 is 2.31. The van der Waals surface area contributed by atoms with Crippen LogP contribution in [-0.2, 0) is 6.42 Å². The molecule has 1 aromatic carbocycles. The SMILES string of the molecule is CCc1c(N(C)C)nc(C(C)C)n1-c1ccccc1. The molecule has 0 bridgehead atoms. The van der Waals surface area contributed by atoms with Crippen LogP contribution in [-0.4, -0.2) is 23.6 Å². The Labute approximate surface area is 115 Å². The molecule has 2 rings (SSSR count). The smallest absolute Gasteiger partial charge is 0.150 e. The molecule has 0 radical (unpaired) electrons. The average Bonchev–Trinajstić information content (AvgIpc) is 2.79. The minimum Gasteiger partial charge on any atom is -0.361 e. The summed E-state index contributed by atoms with van der Waals surface area (Å²) >= 11 is 0. The molecule has 3 heteroatoms. The molecule has 0 aliphatic rings. The number of aromatic nitrogens is 2. The Balaban J connectivity index is 2.69. The number of anilines is 1. The van der Waals surface area contributed by atoms with Gasteiger partial charge in [0.1, 0.15) is 11.6 Å². The molecule has 0 aliphatic heterocycles. The van der Waals surface area contributed by atoms with Crippen LogP contribution in [0, 0.1) is 0 Å². The van der Waals surface area contributed by atoms with Crippen LogP contribution in [0.4, 0.5) is 5.82 Å². The van der Waals surface area contributed by atoms with Gasteiger partial charge >= 0.3 is 0 Å². The standard InChI is InChI=1S/C16H23N3/c1-6-14-16(18(4)5)17-15(12(2)3)19(14)13-10-8-7-9-11-13/h7-12H,6H2,1-5H3. The molecule has 2 aromatic rings. The second-order valence-electron chi connectivity index (χ2n) is 5.31. The summed E-state index contributed by atoms with van der Waals surface area (Å²) in [6.07, 6.45) is 0.974. The zero-order valence-electron chi connectivity index (χ0n) is 12.5. The number of nitrogens with zero attached hydrogens (tertiary/aromatic N) is 3. The maximum absolute atomic E-state index is 4.85. The molecule has 1 heterocycles. The van der Waals surface area contributed by atoms with Crippen molar-refractivity contribution in [3.63, 3.8) is 0 Å². The average molecular weight is 257 g/mol. The number of imidazole rings is 1. The van der Waals surface area contributed by atoms with Gasteiger partial charge in [0.2, 0.25) is 0 Å². The first-order valence-corrected chi connectivity index (χ1v) is 6.90. The number of hydrogen-bond donors (Lipinski definition) is 0. The van der Waals surface area contributed by atoms with Gasteiger partial charge in [0, 0.05) is 25.7 Å². The fourth-order valence-corrected chi connectivity index (χ4v) is 2.39. The maximum atomic E-state index is 4.85. The summed E-state index contributed by atoms with van der Waals surface area (Å²) in [6.45, 7) is 6.58. The molecular weight excluding hydrogens is 234 g/mol. The lowest BCUT2D eigenvalue weighted by Gasteiger charge is -2.14. The summed E-state index contributed by atoms with van der Waals surface area (Å²) in [5, 5.41) is 0. The zero-order chi connectivity index (χ0) is 14.0. The normalized spacial score (nSPS) is 11.1. The molecule has 0 aliphatic carbocycles. The zero-order valence-corrected chi connectivity index (χ0v) is 12.5. The minimum absolute atomic E-state index is 0.402. The largest absolute Gasteiger partial charge is 0.361 e. The molecule has 3 nitrogen and oxygen atoms in total. The van der Waals surface area contributed by atoms with Gasteiger partial charge in [-0.3, -0.25) is 4.57 Å². The molecule has 0 amide bonds. The molecule has 1 aromatic heterocycles.